The Kier molecular flexibility index (Phi) is 4.22. The smallest absolute Gasteiger partial charge is 0.264 e. The minimum absolute atomic E-state index is 0.169. The minimum atomic E-state index is -3.97. The van der Waals surface area contributed by atoms with Crippen molar-refractivity contribution in [3.8, 4) is 0 Å². The molecule has 0 radical (unpaired) electrons. The van der Waals surface area contributed by atoms with Crippen LogP contribution < -0.4 is 0 Å². The van der Waals surface area contributed by atoms with Gasteiger partial charge in [-0.05, 0) is 42.2 Å². The number of nitro groups is 4. The van der Waals surface area contributed by atoms with Crippen molar-refractivity contribution in [2.75, 3.05) is 0 Å². The Hall–Kier alpha value is -3.44. The molecule has 12 nitrogen and oxygen atoms in total. The van der Waals surface area contributed by atoms with Gasteiger partial charge in [-0.1, -0.05) is 18.2 Å². The molecule has 0 aromatic heterocycles. The lowest BCUT2D eigenvalue weighted by Crippen LogP contribution is -2.61. The third kappa shape index (κ3) is 2.47. The first kappa shape index (κ1) is 17.9. The van der Waals surface area contributed by atoms with E-state index in [2.05, 4.69) is 0 Å². The van der Waals surface area contributed by atoms with E-state index in [0.717, 1.165) is 11.6 Å². The molecule has 0 saturated carbocycles. The van der Waals surface area contributed by atoms with Crippen LogP contribution in [0.2, 0.25) is 0 Å². The summed E-state index contributed by atoms with van der Waals surface area (Å²) in [5.41, 5.74) is 1.35. The van der Waals surface area contributed by atoms with Crippen LogP contribution in [0.15, 0.2) is 18.2 Å². The number of benzene rings is 1. The molecule has 1 aromatic rings. The second-order valence-electron chi connectivity index (χ2n) is 5.64. The molecule has 1 aromatic carbocycles. The highest BCUT2D eigenvalue weighted by molar-refractivity contribution is 5.61. The molecule has 0 fully saturated rings. The summed E-state index contributed by atoms with van der Waals surface area (Å²) in [6, 6.07) is 0.825. The summed E-state index contributed by atoms with van der Waals surface area (Å²) in [5, 5.41) is 45.6. The average Bonchev–Trinajstić information content (AvgIpc) is 2.48. The molecule has 0 saturated heterocycles. The first-order valence-corrected chi connectivity index (χ1v) is 6.91. The number of aryl methyl sites for hydroxylation is 2. The fourth-order valence-electron chi connectivity index (χ4n) is 2.94. The Balaban J connectivity index is 2.91. The predicted octanol–water partition coefficient (Wildman–Crippen LogP) is 1.54. The molecular formula is C13H12N4O8. The van der Waals surface area contributed by atoms with Crippen LogP contribution in [0.5, 0.6) is 0 Å². The van der Waals surface area contributed by atoms with Gasteiger partial charge in [-0.25, -0.2) is 0 Å². The van der Waals surface area contributed by atoms with Crippen LogP contribution in [-0.4, -0.2) is 31.5 Å². The Bertz CT molecular complexity index is 798. The van der Waals surface area contributed by atoms with Gasteiger partial charge in [0.05, 0.1) is 0 Å². The Morgan fingerprint density at radius 1 is 0.880 bits per heavy atom. The zero-order valence-electron chi connectivity index (χ0n) is 13.0. The van der Waals surface area contributed by atoms with Gasteiger partial charge in [0, 0.05) is 4.92 Å². The number of fused-ring (bicyclic) bond motifs is 1. The molecule has 1 aliphatic rings. The fraction of sp³-hybridized carbons (Fsp3) is 0.385. The van der Waals surface area contributed by atoms with E-state index in [0.29, 0.717) is 5.56 Å². The summed E-state index contributed by atoms with van der Waals surface area (Å²) >= 11 is 0. The summed E-state index contributed by atoms with van der Waals surface area (Å²) in [5.74, 6) is -6.18. The highest BCUT2D eigenvalue weighted by Gasteiger charge is 2.81. The average molecular weight is 352 g/mol. The SMILES string of the molecule is Cc1cc2c(cc1C)[C@@H](C([N+](=O)[O-])([N+](=O)[O-])[N+](=O)[O-])[C@H]([N+](=O)[O-])C=C2. The summed E-state index contributed by atoms with van der Waals surface area (Å²) in [6.45, 7) is 3.30. The molecule has 0 aliphatic heterocycles. The van der Waals surface area contributed by atoms with Crippen molar-refractivity contribution < 1.29 is 19.7 Å². The Labute approximate surface area is 139 Å². The number of hydrogen-bond donors (Lipinski definition) is 0. The van der Waals surface area contributed by atoms with Crippen molar-refractivity contribution in [3.05, 3.63) is 80.9 Å². The van der Waals surface area contributed by atoms with E-state index < -0.39 is 37.4 Å². The standard InChI is InChI=1S/C13H12N4O8/c1-7-5-9-3-4-11(14(18)19)12(10(9)6-8(7)2)13(15(20)21,16(22)23)17(24)25/h3-6,11-12H,1-2H3/t11-,12-/m1/s1. The van der Waals surface area contributed by atoms with Crippen LogP contribution in [-0.2, 0) is 0 Å². The van der Waals surface area contributed by atoms with Crippen LogP contribution in [0.25, 0.3) is 6.08 Å². The maximum atomic E-state index is 11.4. The maximum absolute atomic E-state index is 11.4. The Morgan fingerprint density at radius 2 is 1.36 bits per heavy atom. The molecule has 0 bridgehead atoms. The van der Waals surface area contributed by atoms with E-state index >= 15 is 0 Å². The van der Waals surface area contributed by atoms with Crippen molar-refractivity contribution in [1.82, 2.24) is 0 Å². The van der Waals surface area contributed by atoms with Gasteiger partial charge in [0.25, 0.3) is 12.0 Å². The molecule has 25 heavy (non-hydrogen) atoms. The van der Waals surface area contributed by atoms with E-state index in [4.69, 9.17) is 0 Å². The largest absolute Gasteiger partial charge is 0.714 e. The molecule has 0 heterocycles. The fourth-order valence-corrected chi connectivity index (χ4v) is 2.94. The molecule has 2 rings (SSSR count). The molecule has 0 unspecified atom stereocenters. The van der Waals surface area contributed by atoms with Crippen LogP contribution in [0.4, 0.5) is 0 Å². The maximum Gasteiger partial charge on any atom is 0.714 e. The predicted molar refractivity (Wildman–Crippen MR) is 82.2 cm³/mol. The van der Waals surface area contributed by atoms with Gasteiger partial charge in [0.1, 0.15) is 0 Å². The zero-order valence-corrected chi connectivity index (χ0v) is 13.0. The van der Waals surface area contributed by atoms with E-state index in [-0.39, 0.29) is 11.1 Å². The quantitative estimate of drug-likeness (QED) is 0.436. The van der Waals surface area contributed by atoms with E-state index in [1.54, 1.807) is 13.8 Å². The van der Waals surface area contributed by atoms with Gasteiger partial charge in [-0.15, -0.1) is 0 Å². The minimum Gasteiger partial charge on any atom is -0.264 e. The summed E-state index contributed by atoms with van der Waals surface area (Å²) in [4.78, 5) is 39.5. The summed E-state index contributed by atoms with van der Waals surface area (Å²) < 4.78 is 0. The molecular weight excluding hydrogens is 340 g/mol. The van der Waals surface area contributed by atoms with Crippen molar-refractivity contribution >= 4 is 6.08 Å². The van der Waals surface area contributed by atoms with E-state index in [1.807, 2.05) is 0 Å². The monoisotopic (exact) mass is 352 g/mol. The summed E-state index contributed by atoms with van der Waals surface area (Å²) in [7, 11) is 0. The topological polar surface area (TPSA) is 173 Å². The number of hydrogen-bond acceptors (Lipinski definition) is 8. The van der Waals surface area contributed by atoms with Crippen molar-refractivity contribution in [2.45, 2.75) is 31.6 Å². The molecule has 0 amide bonds. The van der Waals surface area contributed by atoms with Crippen molar-refractivity contribution in [2.24, 2.45) is 0 Å². The summed E-state index contributed by atoms with van der Waals surface area (Å²) in [6.07, 6.45) is 2.20. The lowest BCUT2D eigenvalue weighted by molar-refractivity contribution is -0.976. The first-order valence-electron chi connectivity index (χ1n) is 6.91. The molecule has 2 atom stereocenters. The first-order chi connectivity index (χ1) is 11.5. The lowest BCUT2D eigenvalue weighted by Gasteiger charge is -2.25. The van der Waals surface area contributed by atoms with Crippen LogP contribution in [0, 0.1) is 54.3 Å². The molecule has 1 aliphatic carbocycles. The van der Waals surface area contributed by atoms with Crippen LogP contribution in [0.3, 0.4) is 0 Å². The van der Waals surface area contributed by atoms with E-state index in [1.165, 1.54) is 18.2 Å². The number of nitrogens with zero attached hydrogens (tertiary/aromatic N) is 4. The normalized spacial score (nSPS) is 19.1. The van der Waals surface area contributed by atoms with Gasteiger partial charge in [0.2, 0.25) is 0 Å². The van der Waals surface area contributed by atoms with Crippen molar-refractivity contribution in [3.63, 3.8) is 0 Å². The molecule has 12 heteroatoms. The highest BCUT2D eigenvalue weighted by Crippen LogP contribution is 2.42. The second-order valence-corrected chi connectivity index (χ2v) is 5.64. The highest BCUT2D eigenvalue weighted by atomic mass is 16.7. The molecule has 0 N–H and O–H groups in total. The molecule has 0 spiro atoms. The van der Waals surface area contributed by atoms with E-state index in [9.17, 15) is 40.5 Å². The van der Waals surface area contributed by atoms with Crippen LogP contribution >= 0.6 is 0 Å². The third-order valence-electron chi connectivity index (χ3n) is 4.32. The second kappa shape index (κ2) is 5.89. The van der Waals surface area contributed by atoms with Crippen molar-refractivity contribution in [1.29, 1.82) is 0 Å². The molecule has 132 valence electrons. The lowest BCUT2D eigenvalue weighted by atomic mass is 9.78. The van der Waals surface area contributed by atoms with Gasteiger partial charge in [-0.2, -0.15) is 0 Å². The van der Waals surface area contributed by atoms with Gasteiger partial charge >= 0.3 is 5.79 Å². The van der Waals surface area contributed by atoms with Crippen LogP contribution in [0.1, 0.15) is 28.2 Å². The van der Waals surface area contributed by atoms with Gasteiger partial charge in [0.15, 0.2) is 14.8 Å². The number of rotatable bonds is 5. The Morgan fingerprint density at radius 3 is 1.80 bits per heavy atom. The zero-order chi connectivity index (χ0) is 19.1. The van der Waals surface area contributed by atoms with Gasteiger partial charge in [-0.3, -0.25) is 40.5 Å². The third-order valence-corrected chi connectivity index (χ3v) is 4.32. The van der Waals surface area contributed by atoms with Gasteiger partial charge < -0.3 is 0 Å².